The van der Waals surface area contributed by atoms with E-state index < -0.39 is 0 Å². The van der Waals surface area contributed by atoms with Gasteiger partial charge in [-0.25, -0.2) is 9.78 Å². The summed E-state index contributed by atoms with van der Waals surface area (Å²) < 4.78 is 0. The summed E-state index contributed by atoms with van der Waals surface area (Å²) >= 11 is 0. The molecule has 3 nitrogen and oxygen atoms in total. The fourth-order valence-electron chi connectivity index (χ4n) is 3.59. The summed E-state index contributed by atoms with van der Waals surface area (Å²) in [5.41, 5.74) is 2.73. The maximum atomic E-state index is 5.47. The number of piperidine rings is 1. The molecule has 0 unspecified atom stereocenters. The van der Waals surface area contributed by atoms with Crippen LogP contribution in [0.15, 0.2) is 24.3 Å². The van der Waals surface area contributed by atoms with E-state index in [1.165, 1.54) is 5.56 Å². The normalized spacial score (nSPS) is 21.4. The van der Waals surface area contributed by atoms with E-state index in [0.717, 1.165) is 18.4 Å². The standard InChI is InChI=1S/C18H29NO2/c1-14-6-8-15(9-7-14)12-20-21-13-16-10-17(2,3)19-18(4,5)11-16/h6-9,16,19H,10-13H2,1-5H3. The monoisotopic (exact) mass is 291 g/mol. The Bertz CT molecular complexity index is 435. The van der Waals surface area contributed by atoms with Gasteiger partial charge >= 0.3 is 0 Å². The summed E-state index contributed by atoms with van der Waals surface area (Å²) in [7, 11) is 0. The Morgan fingerprint density at radius 3 is 2.14 bits per heavy atom. The van der Waals surface area contributed by atoms with Crippen molar-refractivity contribution in [1.82, 2.24) is 5.32 Å². The van der Waals surface area contributed by atoms with E-state index in [2.05, 4.69) is 64.2 Å². The largest absolute Gasteiger partial charge is 0.307 e. The smallest absolute Gasteiger partial charge is 0.107 e. The molecule has 0 amide bonds. The van der Waals surface area contributed by atoms with Gasteiger partial charge in [0.2, 0.25) is 0 Å². The lowest BCUT2D eigenvalue weighted by Gasteiger charge is -2.46. The van der Waals surface area contributed by atoms with Gasteiger partial charge in [0, 0.05) is 11.1 Å². The molecule has 3 heteroatoms. The Kier molecular flexibility index (Phi) is 5.07. The lowest BCUT2D eigenvalue weighted by Crippen LogP contribution is -2.58. The number of benzene rings is 1. The van der Waals surface area contributed by atoms with Crippen molar-refractivity contribution >= 4 is 0 Å². The lowest BCUT2D eigenvalue weighted by molar-refractivity contribution is -0.312. The van der Waals surface area contributed by atoms with Crippen molar-refractivity contribution in [3.05, 3.63) is 35.4 Å². The first-order valence-electron chi connectivity index (χ1n) is 7.85. The number of hydrogen-bond acceptors (Lipinski definition) is 3. The molecule has 1 aromatic rings. The van der Waals surface area contributed by atoms with Crippen molar-refractivity contribution in [3.8, 4) is 0 Å². The highest BCUT2D eigenvalue weighted by molar-refractivity contribution is 5.20. The molecule has 0 atom stereocenters. The highest BCUT2D eigenvalue weighted by Crippen LogP contribution is 2.32. The molecule has 0 aromatic heterocycles. The van der Waals surface area contributed by atoms with Gasteiger partial charge < -0.3 is 5.32 Å². The topological polar surface area (TPSA) is 30.5 Å². The molecule has 1 saturated heterocycles. The van der Waals surface area contributed by atoms with E-state index >= 15 is 0 Å². The molecule has 0 bridgehead atoms. The van der Waals surface area contributed by atoms with E-state index in [-0.39, 0.29) is 11.1 Å². The Labute approximate surface area is 129 Å². The molecular weight excluding hydrogens is 262 g/mol. The minimum atomic E-state index is 0.159. The molecular formula is C18H29NO2. The summed E-state index contributed by atoms with van der Waals surface area (Å²) in [4.78, 5) is 10.8. The van der Waals surface area contributed by atoms with Crippen molar-refractivity contribution in [2.75, 3.05) is 6.61 Å². The molecule has 0 radical (unpaired) electrons. The second kappa shape index (κ2) is 6.47. The molecule has 2 rings (SSSR count). The Morgan fingerprint density at radius 2 is 1.57 bits per heavy atom. The predicted octanol–water partition coefficient (Wildman–Crippen LogP) is 4.00. The van der Waals surface area contributed by atoms with Crippen LogP contribution in [0.2, 0.25) is 0 Å². The zero-order valence-corrected chi connectivity index (χ0v) is 14.0. The Balaban J connectivity index is 1.74. The SMILES string of the molecule is Cc1ccc(COOCC2CC(C)(C)NC(C)(C)C2)cc1. The predicted molar refractivity (Wildman–Crippen MR) is 85.9 cm³/mol. The third-order valence-electron chi connectivity index (χ3n) is 4.01. The lowest BCUT2D eigenvalue weighted by atomic mass is 9.76. The van der Waals surface area contributed by atoms with Crippen molar-refractivity contribution in [1.29, 1.82) is 0 Å². The minimum Gasteiger partial charge on any atom is -0.307 e. The van der Waals surface area contributed by atoms with E-state index in [1.807, 2.05) is 0 Å². The molecule has 1 heterocycles. The van der Waals surface area contributed by atoms with Gasteiger partial charge in [0.15, 0.2) is 0 Å². The summed E-state index contributed by atoms with van der Waals surface area (Å²) in [6, 6.07) is 8.35. The van der Waals surface area contributed by atoms with Crippen LogP contribution in [0.1, 0.15) is 51.7 Å². The number of rotatable bonds is 5. The first-order valence-corrected chi connectivity index (χ1v) is 7.85. The van der Waals surface area contributed by atoms with Crippen LogP contribution in [0, 0.1) is 12.8 Å². The van der Waals surface area contributed by atoms with Gasteiger partial charge in [-0.3, -0.25) is 0 Å². The van der Waals surface area contributed by atoms with Crippen LogP contribution in [-0.2, 0) is 16.4 Å². The van der Waals surface area contributed by atoms with E-state index in [1.54, 1.807) is 0 Å². The van der Waals surface area contributed by atoms with Gasteiger partial charge in [-0.1, -0.05) is 29.8 Å². The number of hydrogen-bond donors (Lipinski definition) is 1. The summed E-state index contributed by atoms with van der Waals surface area (Å²) in [5.74, 6) is 0.536. The van der Waals surface area contributed by atoms with Gasteiger partial charge in [-0.2, -0.15) is 0 Å². The molecule has 1 fully saturated rings. The van der Waals surface area contributed by atoms with E-state index in [0.29, 0.717) is 19.1 Å². The molecule has 1 aliphatic heterocycles. The molecule has 0 spiro atoms. The Hall–Kier alpha value is -0.900. The quantitative estimate of drug-likeness (QED) is 0.505. The maximum Gasteiger partial charge on any atom is 0.107 e. The van der Waals surface area contributed by atoms with Crippen LogP contribution in [0.3, 0.4) is 0 Å². The third kappa shape index (κ3) is 5.42. The first-order chi connectivity index (χ1) is 9.76. The third-order valence-corrected chi connectivity index (χ3v) is 4.01. The van der Waals surface area contributed by atoms with Crippen LogP contribution >= 0.6 is 0 Å². The average molecular weight is 291 g/mol. The minimum absolute atomic E-state index is 0.159. The second-order valence-corrected chi connectivity index (χ2v) is 7.70. The van der Waals surface area contributed by atoms with Crippen LogP contribution in [0.5, 0.6) is 0 Å². The summed E-state index contributed by atoms with van der Waals surface area (Å²) in [6.07, 6.45) is 2.23. The van der Waals surface area contributed by atoms with E-state index in [4.69, 9.17) is 9.78 Å². The molecule has 1 aliphatic rings. The van der Waals surface area contributed by atoms with Crippen molar-refractivity contribution < 1.29 is 9.78 Å². The second-order valence-electron chi connectivity index (χ2n) is 7.70. The van der Waals surface area contributed by atoms with Crippen LogP contribution in [0.25, 0.3) is 0 Å². The van der Waals surface area contributed by atoms with Crippen LogP contribution in [-0.4, -0.2) is 17.7 Å². The summed E-state index contributed by atoms with van der Waals surface area (Å²) in [6.45, 7) is 12.3. The maximum absolute atomic E-state index is 5.47. The van der Waals surface area contributed by atoms with E-state index in [9.17, 15) is 0 Å². The highest BCUT2D eigenvalue weighted by Gasteiger charge is 2.37. The van der Waals surface area contributed by atoms with Gasteiger partial charge in [-0.05, 0) is 58.9 Å². The Morgan fingerprint density at radius 1 is 1.00 bits per heavy atom. The zero-order chi connectivity index (χ0) is 15.5. The number of aryl methyl sites for hydroxylation is 1. The summed E-state index contributed by atoms with van der Waals surface area (Å²) in [5, 5.41) is 3.69. The molecule has 0 aliphatic carbocycles. The van der Waals surface area contributed by atoms with Crippen molar-refractivity contribution in [2.24, 2.45) is 5.92 Å². The fraction of sp³-hybridized carbons (Fsp3) is 0.667. The van der Waals surface area contributed by atoms with Gasteiger partial charge in [-0.15, -0.1) is 0 Å². The van der Waals surface area contributed by atoms with Gasteiger partial charge in [0.25, 0.3) is 0 Å². The number of nitrogens with one attached hydrogen (secondary N) is 1. The van der Waals surface area contributed by atoms with Gasteiger partial charge in [0.1, 0.15) is 6.61 Å². The average Bonchev–Trinajstić information content (AvgIpc) is 2.33. The van der Waals surface area contributed by atoms with Crippen molar-refractivity contribution in [2.45, 2.75) is 65.1 Å². The zero-order valence-electron chi connectivity index (χ0n) is 14.0. The van der Waals surface area contributed by atoms with Crippen molar-refractivity contribution in [3.63, 3.8) is 0 Å². The molecule has 21 heavy (non-hydrogen) atoms. The highest BCUT2D eigenvalue weighted by atomic mass is 17.2. The fourth-order valence-corrected chi connectivity index (χ4v) is 3.59. The van der Waals surface area contributed by atoms with Gasteiger partial charge in [0.05, 0.1) is 6.61 Å². The first kappa shape index (κ1) is 16.5. The molecule has 0 saturated carbocycles. The van der Waals surface area contributed by atoms with Crippen LogP contribution < -0.4 is 5.32 Å². The molecule has 1 aromatic carbocycles. The molecule has 118 valence electrons. The molecule has 1 N–H and O–H groups in total. The van der Waals surface area contributed by atoms with Crippen LogP contribution in [0.4, 0.5) is 0 Å².